The summed E-state index contributed by atoms with van der Waals surface area (Å²) in [7, 11) is -0.987. The quantitative estimate of drug-likeness (QED) is 0.916. The minimum atomic E-state index is -0.987. The van der Waals surface area contributed by atoms with Gasteiger partial charge in [0.25, 0.3) is 0 Å². The molecule has 0 heterocycles. The van der Waals surface area contributed by atoms with E-state index in [-0.39, 0.29) is 11.3 Å². The van der Waals surface area contributed by atoms with Crippen LogP contribution < -0.4 is 5.73 Å². The lowest BCUT2D eigenvalue weighted by Gasteiger charge is -2.20. The van der Waals surface area contributed by atoms with Gasteiger partial charge < -0.3 is 5.73 Å². The van der Waals surface area contributed by atoms with Crippen molar-refractivity contribution in [1.29, 1.82) is 0 Å². The van der Waals surface area contributed by atoms with Crippen molar-refractivity contribution < 1.29 is 4.21 Å². The molecule has 0 aromatic heterocycles. The van der Waals surface area contributed by atoms with Gasteiger partial charge in [-0.05, 0) is 37.5 Å². The Morgan fingerprint density at radius 3 is 2.29 bits per heavy atom. The largest absolute Gasteiger partial charge is 0.323 e. The Labute approximate surface area is 129 Å². The lowest BCUT2D eigenvalue weighted by atomic mass is 10.0. The van der Waals surface area contributed by atoms with Gasteiger partial charge >= 0.3 is 0 Å². The second kappa shape index (κ2) is 7.01. The van der Waals surface area contributed by atoms with Crippen LogP contribution in [0.3, 0.4) is 0 Å². The standard InChI is InChI=1S/C18H23NOS/c1-13-8-10-16(11-9-13)18(19)15(3)21(20)12-17-7-5-4-6-14(17)2/h4-11,15,18H,12,19H2,1-3H3. The highest BCUT2D eigenvalue weighted by Gasteiger charge is 2.21. The maximum Gasteiger partial charge on any atom is 0.0516 e. The molecule has 0 spiro atoms. The lowest BCUT2D eigenvalue weighted by Crippen LogP contribution is -2.28. The normalized spacial score (nSPS) is 15.4. The van der Waals surface area contributed by atoms with Gasteiger partial charge in [-0.25, -0.2) is 0 Å². The number of hydrogen-bond acceptors (Lipinski definition) is 2. The van der Waals surface area contributed by atoms with Crippen molar-refractivity contribution in [3.63, 3.8) is 0 Å². The molecule has 0 aliphatic carbocycles. The van der Waals surface area contributed by atoms with E-state index >= 15 is 0 Å². The zero-order valence-electron chi connectivity index (χ0n) is 12.9. The van der Waals surface area contributed by atoms with E-state index in [4.69, 9.17) is 5.73 Å². The van der Waals surface area contributed by atoms with Gasteiger partial charge in [-0.2, -0.15) is 0 Å². The third-order valence-corrected chi connectivity index (χ3v) is 5.66. The van der Waals surface area contributed by atoms with E-state index in [0.717, 1.165) is 11.1 Å². The topological polar surface area (TPSA) is 43.1 Å². The Hall–Kier alpha value is -1.45. The van der Waals surface area contributed by atoms with Crippen LogP contribution in [0.25, 0.3) is 0 Å². The van der Waals surface area contributed by atoms with Gasteiger partial charge in [0.1, 0.15) is 0 Å². The van der Waals surface area contributed by atoms with Gasteiger partial charge in [-0.1, -0.05) is 54.1 Å². The van der Waals surface area contributed by atoms with Crippen molar-refractivity contribution in [2.24, 2.45) is 5.73 Å². The molecule has 21 heavy (non-hydrogen) atoms. The maximum absolute atomic E-state index is 12.6. The average molecular weight is 301 g/mol. The van der Waals surface area contributed by atoms with E-state index in [1.165, 1.54) is 11.1 Å². The Morgan fingerprint density at radius 1 is 1.05 bits per heavy atom. The number of rotatable bonds is 5. The molecule has 2 aromatic carbocycles. The fourth-order valence-electron chi connectivity index (χ4n) is 2.28. The summed E-state index contributed by atoms with van der Waals surface area (Å²) >= 11 is 0. The number of benzene rings is 2. The fraction of sp³-hybridized carbons (Fsp3) is 0.333. The van der Waals surface area contributed by atoms with Crippen LogP contribution >= 0.6 is 0 Å². The maximum atomic E-state index is 12.6. The molecular weight excluding hydrogens is 278 g/mol. The van der Waals surface area contributed by atoms with Crippen molar-refractivity contribution in [2.75, 3.05) is 0 Å². The van der Waals surface area contributed by atoms with Crippen molar-refractivity contribution in [2.45, 2.75) is 37.8 Å². The Balaban J connectivity index is 2.08. The summed E-state index contributed by atoms with van der Waals surface area (Å²) in [5, 5.41) is -0.0766. The number of nitrogens with two attached hydrogens (primary N) is 1. The van der Waals surface area contributed by atoms with Crippen LogP contribution in [0.4, 0.5) is 0 Å². The Morgan fingerprint density at radius 2 is 1.67 bits per heavy atom. The van der Waals surface area contributed by atoms with Gasteiger partial charge in [0, 0.05) is 22.6 Å². The van der Waals surface area contributed by atoms with Crippen LogP contribution in [0.5, 0.6) is 0 Å². The molecule has 0 amide bonds. The van der Waals surface area contributed by atoms with E-state index in [1.807, 2.05) is 49.4 Å². The lowest BCUT2D eigenvalue weighted by molar-refractivity contribution is 0.642. The highest BCUT2D eigenvalue weighted by molar-refractivity contribution is 7.84. The van der Waals surface area contributed by atoms with Crippen LogP contribution in [0.1, 0.15) is 35.2 Å². The molecule has 0 saturated carbocycles. The molecule has 0 aliphatic heterocycles. The predicted molar refractivity (Wildman–Crippen MR) is 90.6 cm³/mol. The zero-order chi connectivity index (χ0) is 15.4. The molecule has 0 radical (unpaired) electrons. The SMILES string of the molecule is Cc1ccc(C(N)C(C)S(=O)Cc2ccccc2C)cc1. The molecule has 0 aliphatic rings. The first kappa shape index (κ1) is 15.9. The minimum absolute atomic E-state index is 0.0766. The first-order chi connectivity index (χ1) is 9.99. The second-order valence-electron chi connectivity index (χ2n) is 5.59. The van der Waals surface area contributed by atoms with Gasteiger partial charge in [0.2, 0.25) is 0 Å². The van der Waals surface area contributed by atoms with E-state index in [2.05, 4.69) is 19.9 Å². The third kappa shape index (κ3) is 4.02. The molecular formula is C18H23NOS. The second-order valence-corrected chi connectivity index (χ2v) is 7.39. The van der Waals surface area contributed by atoms with Gasteiger partial charge in [-0.3, -0.25) is 4.21 Å². The van der Waals surface area contributed by atoms with Crippen LogP contribution in [-0.4, -0.2) is 9.46 Å². The van der Waals surface area contributed by atoms with E-state index in [1.54, 1.807) is 0 Å². The molecule has 3 unspecified atom stereocenters. The molecule has 0 bridgehead atoms. The fourth-order valence-corrected chi connectivity index (χ4v) is 3.66. The minimum Gasteiger partial charge on any atom is -0.323 e. The highest BCUT2D eigenvalue weighted by Crippen LogP contribution is 2.21. The number of aryl methyl sites for hydroxylation is 2. The molecule has 0 fully saturated rings. The molecule has 112 valence electrons. The van der Waals surface area contributed by atoms with Crippen LogP contribution in [0, 0.1) is 13.8 Å². The van der Waals surface area contributed by atoms with Crippen LogP contribution in [-0.2, 0) is 16.6 Å². The van der Waals surface area contributed by atoms with Crippen molar-refractivity contribution in [1.82, 2.24) is 0 Å². The first-order valence-corrected chi connectivity index (χ1v) is 8.61. The summed E-state index contributed by atoms with van der Waals surface area (Å²) < 4.78 is 12.6. The van der Waals surface area contributed by atoms with Gasteiger partial charge in [0.05, 0.1) is 5.25 Å². The van der Waals surface area contributed by atoms with Crippen molar-refractivity contribution >= 4 is 10.8 Å². The summed E-state index contributed by atoms with van der Waals surface area (Å²) in [6.45, 7) is 6.07. The molecule has 2 rings (SSSR count). The molecule has 3 atom stereocenters. The summed E-state index contributed by atoms with van der Waals surface area (Å²) in [5.41, 5.74) is 10.9. The zero-order valence-corrected chi connectivity index (χ0v) is 13.7. The Kier molecular flexibility index (Phi) is 5.32. The van der Waals surface area contributed by atoms with E-state index in [0.29, 0.717) is 5.75 Å². The van der Waals surface area contributed by atoms with Crippen LogP contribution in [0.2, 0.25) is 0 Å². The number of hydrogen-bond donors (Lipinski definition) is 1. The molecule has 2 aromatic rings. The van der Waals surface area contributed by atoms with Gasteiger partial charge in [-0.15, -0.1) is 0 Å². The summed E-state index contributed by atoms with van der Waals surface area (Å²) in [6.07, 6.45) is 0. The van der Waals surface area contributed by atoms with E-state index < -0.39 is 10.8 Å². The molecule has 2 nitrogen and oxygen atoms in total. The van der Waals surface area contributed by atoms with E-state index in [9.17, 15) is 4.21 Å². The molecule has 2 N–H and O–H groups in total. The average Bonchev–Trinajstić information content (AvgIpc) is 2.49. The monoisotopic (exact) mass is 301 g/mol. The van der Waals surface area contributed by atoms with Crippen LogP contribution in [0.15, 0.2) is 48.5 Å². The summed E-state index contributed by atoms with van der Waals surface area (Å²) in [4.78, 5) is 0. The Bertz CT molecular complexity index is 621. The highest BCUT2D eigenvalue weighted by atomic mass is 32.2. The third-order valence-electron chi connectivity index (χ3n) is 3.94. The van der Waals surface area contributed by atoms with Gasteiger partial charge in [0.15, 0.2) is 0 Å². The predicted octanol–water partition coefficient (Wildman–Crippen LogP) is 3.64. The van der Waals surface area contributed by atoms with Crippen molar-refractivity contribution in [3.8, 4) is 0 Å². The molecule has 0 saturated heterocycles. The summed E-state index contributed by atoms with van der Waals surface area (Å²) in [6, 6.07) is 16.0. The smallest absolute Gasteiger partial charge is 0.0516 e. The summed E-state index contributed by atoms with van der Waals surface area (Å²) in [5.74, 6) is 0.563. The van der Waals surface area contributed by atoms with Crippen molar-refractivity contribution in [3.05, 3.63) is 70.8 Å². The molecule has 3 heteroatoms. The first-order valence-electron chi connectivity index (χ1n) is 7.23.